The fourth-order valence-electron chi connectivity index (χ4n) is 4.91. The van der Waals surface area contributed by atoms with Crippen LogP contribution < -0.4 is 9.64 Å². The van der Waals surface area contributed by atoms with Gasteiger partial charge < -0.3 is 14.0 Å². The fraction of sp³-hybridized carbons (Fsp3) is 0.360. The van der Waals surface area contributed by atoms with E-state index >= 15 is 4.39 Å². The summed E-state index contributed by atoms with van der Waals surface area (Å²) >= 11 is 0. The molecule has 5 rings (SSSR count). The molecular formula is C25H23F4N3O6S. The normalized spacial score (nSPS) is 20.6. The van der Waals surface area contributed by atoms with E-state index < -0.39 is 52.2 Å². The smallest absolute Gasteiger partial charge is 0.416 e. The van der Waals surface area contributed by atoms with Crippen LogP contribution in [0.15, 0.2) is 53.3 Å². The van der Waals surface area contributed by atoms with Crippen LogP contribution in [0.1, 0.15) is 17.7 Å². The molecule has 2 saturated heterocycles. The van der Waals surface area contributed by atoms with E-state index in [0.717, 1.165) is 18.2 Å². The van der Waals surface area contributed by atoms with Crippen molar-refractivity contribution in [3.05, 3.63) is 65.8 Å². The number of hydrogen-bond acceptors (Lipinski definition) is 7. The van der Waals surface area contributed by atoms with Crippen molar-refractivity contribution in [1.29, 1.82) is 0 Å². The molecule has 0 saturated carbocycles. The van der Waals surface area contributed by atoms with Crippen LogP contribution in [-0.4, -0.2) is 62.7 Å². The van der Waals surface area contributed by atoms with Crippen LogP contribution in [0.5, 0.6) is 5.75 Å². The van der Waals surface area contributed by atoms with E-state index in [-0.39, 0.29) is 53.5 Å². The first-order chi connectivity index (χ1) is 18.5. The average molecular weight is 570 g/mol. The highest BCUT2D eigenvalue weighted by Crippen LogP contribution is 2.41. The molecule has 0 radical (unpaired) electrons. The minimum atomic E-state index is -4.58. The Balaban J connectivity index is 1.44. The zero-order valence-electron chi connectivity index (χ0n) is 20.5. The number of fused-ring (bicyclic) bond motifs is 1. The second kappa shape index (κ2) is 10.2. The van der Waals surface area contributed by atoms with Gasteiger partial charge in [-0.15, -0.1) is 0 Å². The second-order valence-electron chi connectivity index (χ2n) is 9.16. The van der Waals surface area contributed by atoms with Crippen molar-refractivity contribution in [2.75, 3.05) is 31.7 Å². The van der Waals surface area contributed by atoms with E-state index in [1.54, 1.807) is 0 Å². The summed E-state index contributed by atoms with van der Waals surface area (Å²) in [5.74, 6) is -1.86. The quantitative estimate of drug-likeness (QED) is 0.416. The second-order valence-corrected chi connectivity index (χ2v) is 11.1. The van der Waals surface area contributed by atoms with Crippen LogP contribution in [0.3, 0.4) is 0 Å². The van der Waals surface area contributed by atoms with E-state index in [1.165, 1.54) is 46.8 Å². The highest BCUT2D eigenvalue weighted by Gasteiger charge is 2.45. The molecule has 2 fully saturated rings. The molecular weight excluding hydrogens is 546 g/mol. The highest BCUT2D eigenvalue weighted by molar-refractivity contribution is 7.88. The van der Waals surface area contributed by atoms with Crippen LogP contribution in [0.2, 0.25) is 0 Å². The molecule has 2 aliphatic rings. The van der Waals surface area contributed by atoms with Gasteiger partial charge in [-0.3, -0.25) is 9.69 Å². The number of morpholine rings is 1. The van der Waals surface area contributed by atoms with Gasteiger partial charge in [0.05, 0.1) is 30.5 Å². The topological polar surface area (TPSA) is 102 Å². The molecule has 39 heavy (non-hydrogen) atoms. The molecule has 0 bridgehead atoms. The number of amides is 1. The van der Waals surface area contributed by atoms with Gasteiger partial charge in [0.1, 0.15) is 30.1 Å². The van der Waals surface area contributed by atoms with Crippen molar-refractivity contribution in [2.24, 2.45) is 0 Å². The number of ether oxygens (including phenoxy) is 2. The van der Waals surface area contributed by atoms with E-state index in [9.17, 15) is 26.4 Å². The lowest BCUT2D eigenvalue weighted by atomic mass is 9.97. The third-order valence-electron chi connectivity index (χ3n) is 6.74. The van der Waals surface area contributed by atoms with E-state index in [4.69, 9.17) is 14.0 Å². The van der Waals surface area contributed by atoms with Crippen LogP contribution in [0.25, 0.3) is 11.1 Å². The molecule has 0 aliphatic carbocycles. The number of nitrogens with zero attached hydrogens (tertiary/aromatic N) is 3. The maximum atomic E-state index is 15.7. The van der Waals surface area contributed by atoms with E-state index in [0.29, 0.717) is 0 Å². The molecule has 0 unspecified atom stereocenters. The molecule has 0 spiro atoms. The van der Waals surface area contributed by atoms with Crippen molar-refractivity contribution >= 4 is 21.6 Å². The Morgan fingerprint density at radius 2 is 1.95 bits per heavy atom. The van der Waals surface area contributed by atoms with Crippen molar-refractivity contribution < 1.29 is 44.8 Å². The maximum Gasteiger partial charge on any atom is 0.416 e. The predicted molar refractivity (Wildman–Crippen MR) is 130 cm³/mol. The van der Waals surface area contributed by atoms with Gasteiger partial charge in [0.25, 0.3) is 5.91 Å². The van der Waals surface area contributed by atoms with Crippen LogP contribution >= 0.6 is 0 Å². The van der Waals surface area contributed by atoms with Gasteiger partial charge in [0.15, 0.2) is 5.82 Å². The van der Waals surface area contributed by atoms with Crippen LogP contribution in [0, 0.1) is 5.82 Å². The van der Waals surface area contributed by atoms with E-state index in [2.05, 4.69) is 5.16 Å². The number of carbonyl (C=O) groups is 1. The number of methoxy groups -OCH3 is 1. The summed E-state index contributed by atoms with van der Waals surface area (Å²) in [5, 5.41) is 3.64. The molecule has 2 aromatic carbocycles. The molecule has 1 aromatic heterocycles. The first-order valence-electron chi connectivity index (χ1n) is 11.8. The van der Waals surface area contributed by atoms with Crippen LogP contribution in [0.4, 0.5) is 23.2 Å². The summed E-state index contributed by atoms with van der Waals surface area (Å²) in [6.07, 6.45) is -3.92. The molecule has 3 heterocycles. The number of hydrogen-bond donors (Lipinski definition) is 0. The Morgan fingerprint density at radius 3 is 2.64 bits per heavy atom. The first-order valence-corrected chi connectivity index (χ1v) is 13.4. The maximum absolute atomic E-state index is 15.7. The zero-order chi connectivity index (χ0) is 27.9. The number of benzene rings is 2. The van der Waals surface area contributed by atoms with Crippen molar-refractivity contribution in [3.63, 3.8) is 0 Å². The Bertz CT molecular complexity index is 1480. The van der Waals surface area contributed by atoms with Gasteiger partial charge in [-0.1, -0.05) is 17.3 Å². The van der Waals surface area contributed by atoms with Crippen LogP contribution in [-0.2, 0) is 31.5 Å². The van der Waals surface area contributed by atoms with Gasteiger partial charge in [-0.25, -0.2) is 12.8 Å². The molecule has 14 heteroatoms. The summed E-state index contributed by atoms with van der Waals surface area (Å²) < 4.78 is 98.1. The number of alkyl halides is 3. The van der Waals surface area contributed by atoms with E-state index in [1.807, 2.05) is 0 Å². The minimum Gasteiger partial charge on any atom is -0.494 e. The zero-order valence-corrected chi connectivity index (χ0v) is 21.3. The number of carbonyl (C=O) groups excluding carboxylic acids is 1. The van der Waals surface area contributed by atoms with Gasteiger partial charge in [-0.2, -0.15) is 17.5 Å². The Morgan fingerprint density at radius 1 is 1.15 bits per heavy atom. The number of piperidine rings is 1. The Hall–Kier alpha value is -3.49. The standard InChI is InChI=1S/C25H23F4N3O6S/c1-36-21-11-16(15-3-2-4-17(9-15)25(27,28)29)10-19(26)24(21)32-20-5-7-31(12-22(20)37-13-23(32)33)39(34,35)14-18-6-8-38-30-18/h2-4,6,8-11,20,22H,5,7,12-14H2,1H3/t20-,22-/m1/s1. The summed E-state index contributed by atoms with van der Waals surface area (Å²) in [6.45, 7) is -0.446. The molecule has 1 amide bonds. The van der Waals surface area contributed by atoms with Crippen molar-refractivity contribution in [2.45, 2.75) is 30.5 Å². The largest absolute Gasteiger partial charge is 0.494 e. The van der Waals surface area contributed by atoms with Crippen molar-refractivity contribution in [3.8, 4) is 16.9 Å². The number of aromatic nitrogens is 1. The Labute approximate surface area is 220 Å². The van der Waals surface area contributed by atoms with Gasteiger partial charge >= 0.3 is 6.18 Å². The highest BCUT2D eigenvalue weighted by atomic mass is 32.2. The third-order valence-corrected chi connectivity index (χ3v) is 8.51. The number of sulfonamides is 1. The number of rotatable bonds is 6. The van der Waals surface area contributed by atoms with Gasteiger partial charge in [0.2, 0.25) is 10.0 Å². The SMILES string of the molecule is COc1cc(-c2cccc(C(F)(F)F)c2)cc(F)c1N1C(=O)CO[C@@H]2CN(S(=O)(=O)Cc3ccon3)CC[C@H]21. The fourth-order valence-corrected chi connectivity index (χ4v) is 6.37. The summed E-state index contributed by atoms with van der Waals surface area (Å²) in [5.41, 5.74) is -0.586. The summed E-state index contributed by atoms with van der Waals surface area (Å²) in [7, 11) is -2.52. The lowest BCUT2D eigenvalue weighted by Crippen LogP contribution is -2.62. The summed E-state index contributed by atoms with van der Waals surface area (Å²) in [6, 6.07) is 7.60. The first kappa shape index (κ1) is 27.1. The molecule has 9 nitrogen and oxygen atoms in total. The molecule has 2 aliphatic heterocycles. The average Bonchev–Trinajstić information content (AvgIpc) is 3.40. The lowest BCUT2D eigenvalue weighted by Gasteiger charge is -2.46. The predicted octanol–water partition coefficient (Wildman–Crippen LogP) is 3.84. The van der Waals surface area contributed by atoms with Gasteiger partial charge in [-0.05, 0) is 41.8 Å². The molecule has 2 atom stereocenters. The molecule has 208 valence electrons. The number of anilines is 1. The van der Waals surface area contributed by atoms with Crippen molar-refractivity contribution in [1.82, 2.24) is 9.46 Å². The van der Waals surface area contributed by atoms with Gasteiger partial charge in [0, 0.05) is 19.2 Å². The third kappa shape index (κ3) is 5.36. The summed E-state index contributed by atoms with van der Waals surface area (Å²) in [4.78, 5) is 14.2. The monoisotopic (exact) mass is 569 g/mol. The lowest BCUT2D eigenvalue weighted by molar-refractivity contribution is -0.137. The minimum absolute atomic E-state index is 0.0424. The number of halogens is 4. The molecule has 0 N–H and O–H groups in total. The Kier molecular flexibility index (Phi) is 7.11. The molecule has 3 aromatic rings.